The van der Waals surface area contributed by atoms with E-state index in [1.54, 1.807) is 0 Å². The van der Waals surface area contributed by atoms with E-state index in [1.807, 2.05) is 30.5 Å². The van der Waals surface area contributed by atoms with Gasteiger partial charge in [0.25, 0.3) is 0 Å². The van der Waals surface area contributed by atoms with Crippen molar-refractivity contribution in [2.24, 2.45) is 5.92 Å². The molecule has 0 saturated carbocycles. The summed E-state index contributed by atoms with van der Waals surface area (Å²) < 4.78 is 11.1. The third-order valence-electron chi connectivity index (χ3n) is 2.47. The molecule has 3 heteroatoms. The minimum atomic E-state index is 0.575. The normalized spacial score (nSPS) is 11.2. The summed E-state index contributed by atoms with van der Waals surface area (Å²) in [6.07, 6.45) is 1.93. The van der Waals surface area contributed by atoms with Crippen LogP contribution in [0.5, 0.6) is 5.75 Å². The van der Waals surface area contributed by atoms with E-state index < -0.39 is 0 Å². The van der Waals surface area contributed by atoms with Gasteiger partial charge in [-0.05, 0) is 30.2 Å². The molecule has 0 aliphatic rings. The molecule has 1 aromatic carbocycles. The van der Waals surface area contributed by atoms with Crippen molar-refractivity contribution in [1.82, 2.24) is 4.98 Å². The molecule has 0 amide bonds. The molecule has 1 N–H and O–H groups in total. The van der Waals surface area contributed by atoms with Crippen LogP contribution in [0.4, 0.5) is 0 Å². The molecule has 0 fully saturated rings. The molecule has 0 atom stereocenters. The first kappa shape index (κ1) is 12.0. The van der Waals surface area contributed by atoms with Gasteiger partial charge in [0.2, 0.25) is 0 Å². The van der Waals surface area contributed by atoms with Crippen molar-refractivity contribution >= 4 is 10.9 Å². The van der Waals surface area contributed by atoms with E-state index in [2.05, 4.69) is 18.8 Å². The third kappa shape index (κ3) is 3.49. The quantitative estimate of drug-likeness (QED) is 0.777. The van der Waals surface area contributed by atoms with Crippen LogP contribution in [-0.2, 0) is 4.74 Å². The van der Waals surface area contributed by atoms with Crippen molar-refractivity contribution in [1.29, 1.82) is 0 Å². The van der Waals surface area contributed by atoms with Crippen molar-refractivity contribution < 1.29 is 9.47 Å². The van der Waals surface area contributed by atoms with Crippen molar-refractivity contribution in [3.8, 4) is 5.75 Å². The molecule has 92 valence electrons. The lowest BCUT2D eigenvalue weighted by Crippen LogP contribution is -2.10. The molecule has 2 aromatic rings. The molecule has 2 rings (SSSR count). The van der Waals surface area contributed by atoms with Crippen LogP contribution in [0.2, 0.25) is 0 Å². The van der Waals surface area contributed by atoms with Gasteiger partial charge in [0, 0.05) is 23.7 Å². The highest BCUT2D eigenvalue weighted by Gasteiger charge is 1.98. The maximum atomic E-state index is 5.63. The molecule has 0 bridgehead atoms. The Balaban J connectivity index is 1.78. The highest BCUT2D eigenvalue weighted by Crippen LogP contribution is 2.19. The number of aromatic amines is 1. The largest absolute Gasteiger partial charge is 0.491 e. The first-order valence-electron chi connectivity index (χ1n) is 6.03. The molecule has 0 spiro atoms. The minimum absolute atomic E-state index is 0.575. The lowest BCUT2D eigenvalue weighted by molar-refractivity contribution is 0.0819. The predicted molar refractivity (Wildman–Crippen MR) is 69.5 cm³/mol. The van der Waals surface area contributed by atoms with Crippen LogP contribution in [0.1, 0.15) is 13.8 Å². The van der Waals surface area contributed by atoms with Gasteiger partial charge in [0.1, 0.15) is 12.4 Å². The van der Waals surface area contributed by atoms with Crippen molar-refractivity contribution in [3.05, 3.63) is 30.5 Å². The number of ether oxygens (including phenoxy) is 2. The smallest absolute Gasteiger partial charge is 0.120 e. The second kappa shape index (κ2) is 5.73. The zero-order valence-electron chi connectivity index (χ0n) is 10.4. The molecule has 1 aromatic heterocycles. The molecule has 1 heterocycles. The summed E-state index contributed by atoms with van der Waals surface area (Å²) in [5, 5.41) is 1.17. The molecule has 3 nitrogen and oxygen atoms in total. The number of rotatable bonds is 6. The molecule has 17 heavy (non-hydrogen) atoms. The molecular weight excluding hydrogens is 214 g/mol. The fourth-order valence-electron chi connectivity index (χ4n) is 1.66. The number of benzene rings is 1. The SMILES string of the molecule is CC(C)COCCOc1ccc2[nH]ccc2c1. The topological polar surface area (TPSA) is 34.2 Å². The van der Waals surface area contributed by atoms with E-state index in [0.29, 0.717) is 19.1 Å². The zero-order valence-corrected chi connectivity index (χ0v) is 10.4. The predicted octanol–water partition coefficient (Wildman–Crippen LogP) is 3.22. The van der Waals surface area contributed by atoms with Gasteiger partial charge in [-0.15, -0.1) is 0 Å². The Labute approximate surface area is 102 Å². The van der Waals surface area contributed by atoms with Gasteiger partial charge in [0.05, 0.1) is 6.61 Å². The summed E-state index contributed by atoms with van der Waals surface area (Å²) in [7, 11) is 0. The summed E-state index contributed by atoms with van der Waals surface area (Å²) >= 11 is 0. The lowest BCUT2D eigenvalue weighted by atomic mass is 10.2. The van der Waals surface area contributed by atoms with Crippen LogP contribution >= 0.6 is 0 Å². The third-order valence-corrected chi connectivity index (χ3v) is 2.47. The van der Waals surface area contributed by atoms with Gasteiger partial charge in [-0.1, -0.05) is 13.8 Å². The highest BCUT2D eigenvalue weighted by molar-refractivity contribution is 5.80. The number of hydrogen-bond donors (Lipinski definition) is 1. The second-order valence-electron chi connectivity index (χ2n) is 4.54. The van der Waals surface area contributed by atoms with E-state index in [9.17, 15) is 0 Å². The summed E-state index contributed by atoms with van der Waals surface area (Å²) in [6, 6.07) is 8.08. The van der Waals surface area contributed by atoms with Crippen molar-refractivity contribution in [3.63, 3.8) is 0 Å². The van der Waals surface area contributed by atoms with Gasteiger partial charge < -0.3 is 14.5 Å². The Kier molecular flexibility index (Phi) is 4.04. The van der Waals surface area contributed by atoms with Crippen molar-refractivity contribution in [2.45, 2.75) is 13.8 Å². The highest BCUT2D eigenvalue weighted by atomic mass is 16.5. The van der Waals surface area contributed by atoms with Crippen LogP contribution in [0.3, 0.4) is 0 Å². The van der Waals surface area contributed by atoms with Crippen LogP contribution in [0, 0.1) is 5.92 Å². The standard InChI is InChI=1S/C14H19NO2/c1-11(2)10-16-7-8-17-13-3-4-14-12(9-13)5-6-15-14/h3-6,9,11,15H,7-8,10H2,1-2H3. The summed E-state index contributed by atoms with van der Waals surface area (Å²) in [5.41, 5.74) is 1.13. The summed E-state index contributed by atoms with van der Waals surface area (Å²) in [4.78, 5) is 3.16. The Morgan fingerprint density at radius 2 is 2.06 bits per heavy atom. The van der Waals surface area contributed by atoms with Gasteiger partial charge in [-0.2, -0.15) is 0 Å². The summed E-state index contributed by atoms with van der Waals surface area (Å²) in [5.74, 6) is 1.47. The molecule has 0 aliphatic carbocycles. The fraction of sp³-hybridized carbons (Fsp3) is 0.429. The maximum absolute atomic E-state index is 5.63. The van der Waals surface area contributed by atoms with Crippen LogP contribution in [0.25, 0.3) is 10.9 Å². The number of fused-ring (bicyclic) bond motifs is 1. The van der Waals surface area contributed by atoms with E-state index in [-0.39, 0.29) is 0 Å². The minimum Gasteiger partial charge on any atom is -0.491 e. The van der Waals surface area contributed by atoms with Crippen LogP contribution in [-0.4, -0.2) is 24.8 Å². The first-order chi connectivity index (χ1) is 8.25. The Morgan fingerprint density at radius 1 is 1.18 bits per heavy atom. The number of hydrogen-bond acceptors (Lipinski definition) is 2. The Morgan fingerprint density at radius 3 is 2.88 bits per heavy atom. The number of H-pyrrole nitrogens is 1. The molecule has 0 saturated heterocycles. The average molecular weight is 233 g/mol. The summed E-state index contributed by atoms with van der Waals surface area (Å²) in [6.45, 7) is 6.31. The average Bonchev–Trinajstić information content (AvgIpc) is 2.75. The monoisotopic (exact) mass is 233 g/mol. The Hall–Kier alpha value is -1.48. The molecular formula is C14H19NO2. The van der Waals surface area contributed by atoms with Crippen LogP contribution < -0.4 is 4.74 Å². The second-order valence-corrected chi connectivity index (χ2v) is 4.54. The fourth-order valence-corrected chi connectivity index (χ4v) is 1.66. The number of aromatic nitrogens is 1. The molecule has 0 aliphatic heterocycles. The van der Waals surface area contributed by atoms with Crippen molar-refractivity contribution in [2.75, 3.05) is 19.8 Å². The maximum Gasteiger partial charge on any atom is 0.120 e. The van der Waals surface area contributed by atoms with Gasteiger partial charge in [-0.25, -0.2) is 0 Å². The lowest BCUT2D eigenvalue weighted by Gasteiger charge is -2.08. The molecule has 0 unspecified atom stereocenters. The van der Waals surface area contributed by atoms with Gasteiger partial charge >= 0.3 is 0 Å². The van der Waals surface area contributed by atoms with Gasteiger partial charge in [-0.3, -0.25) is 0 Å². The van der Waals surface area contributed by atoms with E-state index in [4.69, 9.17) is 9.47 Å². The van der Waals surface area contributed by atoms with E-state index >= 15 is 0 Å². The van der Waals surface area contributed by atoms with Gasteiger partial charge in [0.15, 0.2) is 0 Å². The van der Waals surface area contributed by atoms with Crippen LogP contribution in [0.15, 0.2) is 30.5 Å². The van der Waals surface area contributed by atoms with E-state index in [0.717, 1.165) is 17.9 Å². The van der Waals surface area contributed by atoms with E-state index in [1.165, 1.54) is 5.39 Å². The molecule has 0 radical (unpaired) electrons. The zero-order chi connectivity index (χ0) is 12.1. The Bertz CT molecular complexity index is 462. The number of nitrogens with one attached hydrogen (secondary N) is 1. The first-order valence-corrected chi connectivity index (χ1v) is 6.03.